The van der Waals surface area contributed by atoms with Crippen molar-refractivity contribution in [1.29, 1.82) is 0 Å². The first kappa shape index (κ1) is 13.0. The smallest absolute Gasteiger partial charge is 0.120 e. The average molecular weight is 202 g/mol. The molecule has 0 heterocycles. The molecule has 0 saturated heterocycles. The van der Waals surface area contributed by atoms with Crippen molar-refractivity contribution in [3.63, 3.8) is 0 Å². The molecule has 78 valence electrons. The van der Waals surface area contributed by atoms with Crippen molar-refractivity contribution in [3.05, 3.63) is 0 Å². The molecule has 0 rings (SSSR count). The summed E-state index contributed by atoms with van der Waals surface area (Å²) >= 11 is 1.91. The molecule has 1 nitrogen and oxygen atoms in total. The van der Waals surface area contributed by atoms with Gasteiger partial charge in [-0.15, -0.1) is 0 Å². The first-order valence-corrected chi connectivity index (χ1v) is 6.15. The number of aldehydes is 1. The van der Waals surface area contributed by atoms with Gasteiger partial charge in [0.15, 0.2) is 0 Å². The first-order valence-electron chi connectivity index (χ1n) is 4.92. The molecule has 0 spiro atoms. The Labute approximate surface area is 86.7 Å². The van der Waals surface area contributed by atoms with E-state index in [2.05, 4.69) is 34.0 Å². The Hall–Kier alpha value is 0.0200. The Balaban J connectivity index is 3.98. The number of hydrogen-bond acceptors (Lipinski definition) is 2. The van der Waals surface area contributed by atoms with Crippen LogP contribution in [-0.4, -0.2) is 17.3 Å². The summed E-state index contributed by atoms with van der Waals surface area (Å²) in [6.45, 7) is 8.98. The molecule has 0 aromatic heterocycles. The molecule has 0 aliphatic heterocycles. The maximum Gasteiger partial charge on any atom is 0.120 e. The molecule has 0 saturated carbocycles. The molecular formula is C11H22OS. The fraction of sp³-hybridized carbons (Fsp3) is 0.909. The third kappa shape index (κ3) is 4.70. The third-order valence-corrected chi connectivity index (χ3v) is 4.42. The lowest BCUT2D eigenvalue weighted by Crippen LogP contribution is -2.26. The van der Waals surface area contributed by atoms with E-state index in [0.29, 0.717) is 23.0 Å². The Bertz CT molecular complexity index is 154. The molecule has 0 aromatic carbocycles. The maximum atomic E-state index is 10.3. The van der Waals surface area contributed by atoms with Crippen LogP contribution < -0.4 is 0 Å². The number of hydrogen-bond donors (Lipinski definition) is 0. The fourth-order valence-corrected chi connectivity index (χ4v) is 1.85. The van der Waals surface area contributed by atoms with E-state index in [9.17, 15) is 4.79 Å². The second kappa shape index (κ2) is 5.69. The van der Waals surface area contributed by atoms with E-state index in [1.54, 1.807) is 0 Å². The molecule has 2 atom stereocenters. The van der Waals surface area contributed by atoms with Gasteiger partial charge in [0, 0.05) is 11.2 Å². The summed E-state index contributed by atoms with van der Waals surface area (Å²) in [5.74, 6) is 1.19. The Morgan fingerprint density at radius 1 is 1.38 bits per heavy atom. The van der Waals surface area contributed by atoms with E-state index in [1.165, 1.54) is 0 Å². The monoisotopic (exact) mass is 202 g/mol. The van der Waals surface area contributed by atoms with Crippen LogP contribution in [-0.2, 0) is 4.79 Å². The fourth-order valence-electron chi connectivity index (χ4n) is 1.35. The lowest BCUT2D eigenvalue weighted by atomic mass is 9.87. The van der Waals surface area contributed by atoms with E-state index in [1.807, 2.05) is 11.8 Å². The number of carbonyl (C=O) groups excluding carboxylic acids is 1. The normalized spacial score (nSPS) is 16.7. The Morgan fingerprint density at radius 3 is 2.31 bits per heavy atom. The number of thioether (sulfide) groups is 1. The maximum absolute atomic E-state index is 10.3. The lowest BCUT2D eigenvalue weighted by molar-refractivity contribution is -0.108. The van der Waals surface area contributed by atoms with Crippen molar-refractivity contribution in [3.8, 4) is 0 Å². The SMILES string of the molecule is CSC(C)(C)C(C)CC(C)CC=O. The van der Waals surface area contributed by atoms with Crippen molar-refractivity contribution in [1.82, 2.24) is 0 Å². The second-order valence-corrected chi connectivity index (χ2v) is 5.91. The molecule has 0 N–H and O–H groups in total. The largest absolute Gasteiger partial charge is 0.303 e. The third-order valence-electron chi connectivity index (χ3n) is 2.97. The highest BCUT2D eigenvalue weighted by Gasteiger charge is 2.25. The summed E-state index contributed by atoms with van der Waals surface area (Å²) in [4.78, 5) is 10.3. The lowest BCUT2D eigenvalue weighted by Gasteiger charge is -2.31. The number of rotatable bonds is 6. The minimum atomic E-state index is 0.331. The van der Waals surface area contributed by atoms with Crippen LogP contribution in [0.25, 0.3) is 0 Å². The van der Waals surface area contributed by atoms with Crippen LogP contribution in [0.1, 0.15) is 40.5 Å². The molecule has 0 aliphatic rings. The molecule has 0 aromatic rings. The van der Waals surface area contributed by atoms with E-state index >= 15 is 0 Å². The van der Waals surface area contributed by atoms with Crippen LogP contribution in [0.15, 0.2) is 0 Å². The summed E-state index contributed by atoms with van der Waals surface area (Å²) in [5.41, 5.74) is 0. The predicted molar refractivity (Wildman–Crippen MR) is 61.2 cm³/mol. The summed E-state index contributed by atoms with van der Waals surface area (Å²) in [6, 6.07) is 0. The van der Waals surface area contributed by atoms with Gasteiger partial charge in [0.05, 0.1) is 0 Å². The highest BCUT2D eigenvalue weighted by Crippen LogP contribution is 2.34. The Morgan fingerprint density at radius 2 is 1.92 bits per heavy atom. The minimum Gasteiger partial charge on any atom is -0.303 e. The molecule has 0 aliphatic carbocycles. The molecular weight excluding hydrogens is 180 g/mol. The molecule has 0 fully saturated rings. The van der Waals surface area contributed by atoms with Crippen LogP contribution in [0.5, 0.6) is 0 Å². The zero-order valence-electron chi connectivity index (χ0n) is 9.46. The van der Waals surface area contributed by atoms with E-state index in [-0.39, 0.29) is 0 Å². The van der Waals surface area contributed by atoms with Crippen LogP contribution in [0.3, 0.4) is 0 Å². The summed E-state index contributed by atoms with van der Waals surface area (Å²) in [7, 11) is 0. The van der Waals surface area contributed by atoms with Gasteiger partial charge < -0.3 is 4.79 Å². The molecule has 0 bridgehead atoms. The standard InChI is InChI=1S/C11H22OS/c1-9(6-7-12)8-10(2)11(3,4)13-5/h7,9-10H,6,8H2,1-5H3. The van der Waals surface area contributed by atoms with Gasteiger partial charge in [-0.25, -0.2) is 0 Å². The molecule has 0 radical (unpaired) electrons. The predicted octanol–water partition coefficient (Wildman–Crippen LogP) is 3.38. The first-order chi connectivity index (χ1) is 5.94. The Kier molecular flexibility index (Phi) is 5.70. The van der Waals surface area contributed by atoms with Gasteiger partial charge in [0.1, 0.15) is 6.29 Å². The van der Waals surface area contributed by atoms with Gasteiger partial charge in [-0.3, -0.25) is 0 Å². The highest BCUT2D eigenvalue weighted by atomic mass is 32.2. The zero-order valence-corrected chi connectivity index (χ0v) is 10.3. The van der Waals surface area contributed by atoms with Gasteiger partial charge in [-0.2, -0.15) is 11.8 Å². The number of carbonyl (C=O) groups is 1. The highest BCUT2D eigenvalue weighted by molar-refractivity contribution is 7.99. The van der Waals surface area contributed by atoms with Crippen molar-refractivity contribution in [2.24, 2.45) is 11.8 Å². The molecule has 2 unspecified atom stereocenters. The van der Waals surface area contributed by atoms with E-state index in [4.69, 9.17) is 0 Å². The quantitative estimate of drug-likeness (QED) is 0.614. The van der Waals surface area contributed by atoms with Crippen molar-refractivity contribution < 1.29 is 4.79 Å². The average Bonchev–Trinajstić information content (AvgIpc) is 2.04. The summed E-state index contributed by atoms with van der Waals surface area (Å²) < 4.78 is 0.331. The van der Waals surface area contributed by atoms with Gasteiger partial charge in [0.2, 0.25) is 0 Å². The van der Waals surface area contributed by atoms with Crippen LogP contribution in [0.4, 0.5) is 0 Å². The minimum absolute atomic E-state index is 0.331. The van der Waals surface area contributed by atoms with Gasteiger partial charge in [0.25, 0.3) is 0 Å². The molecule has 0 amide bonds. The van der Waals surface area contributed by atoms with Gasteiger partial charge in [-0.1, -0.05) is 27.7 Å². The van der Waals surface area contributed by atoms with Gasteiger partial charge >= 0.3 is 0 Å². The van der Waals surface area contributed by atoms with Crippen LogP contribution in [0, 0.1) is 11.8 Å². The summed E-state index contributed by atoms with van der Waals surface area (Å²) in [5, 5.41) is 0. The van der Waals surface area contributed by atoms with Crippen molar-refractivity contribution >= 4 is 18.0 Å². The van der Waals surface area contributed by atoms with E-state index < -0.39 is 0 Å². The van der Waals surface area contributed by atoms with Crippen LogP contribution in [0.2, 0.25) is 0 Å². The molecule has 13 heavy (non-hydrogen) atoms. The van der Waals surface area contributed by atoms with Crippen molar-refractivity contribution in [2.45, 2.75) is 45.3 Å². The summed E-state index contributed by atoms with van der Waals surface area (Å²) in [6.07, 6.45) is 5.03. The van der Waals surface area contributed by atoms with Crippen molar-refractivity contribution in [2.75, 3.05) is 6.26 Å². The molecule has 2 heteroatoms. The van der Waals surface area contributed by atoms with Gasteiger partial charge in [-0.05, 0) is 24.5 Å². The van der Waals surface area contributed by atoms with E-state index in [0.717, 1.165) is 12.7 Å². The second-order valence-electron chi connectivity index (χ2n) is 4.45. The topological polar surface area (TPSA) is 17.1 Å². The van der Waals surface area contributed by atoms with Crippen LogP contribution >= 0.6 is 11.8 Å². The zero-order chi connectivity index (χ0) is 10.5.